The molecular formula is C9H15N3OS. The zero-order chi connectivity index (χ0) is 9.97. The van der Waals surface area contributed by atoms with Gasteiger partial charge in [-0.2, -0.15) is 4.37 Å². The Kier molecular flexibility index (Phi) is 2.88. The molecule has 3 N–H and O–H groups in total. The second-order valence-corrected chi connectivity index (χ2v) is 4.31. The quantitative estimate of drug-likeness (QED) is 0.801. The van der Waals surface area contributed by atoms with E-state index in [0.29, 0.717) is 11.9 Å². The number of nitrogens with zero attached hydrogens (tertiary/aromatic N) is 1. The molecule has 0 amide bonds. The third-order valence-electron chi connectivity index (χ3n) is 2.47. The molecule has 0 aliphatic carbocycles. The molecule has 1 saturated heterocycles. The summed E-state index contributed by atoms with van der Waals surface area (Å²) in [7, 11) is 0. The molecule has 0 radical (unpaired) electrons. The average molecular weight is 213 g/mol. The smallest absolute Gasteiger partial charge is 0.142 e. The number of rotatable bonds is 3. The molecular weight excluding hydrogens is 198 g/mol. The minimum absolute atomic E-state index is 0.359. The van der Waals surface area contributed by atoms with Gasteiger partial charge < -0.3 is 15.8 Å². The minimum atomic E-state index is 0.359. The molecule has 0 aromatic carbocycles. The van der Waals surface area contributed by atoms with Crippen molar-refractivity contribution in [3.63, 3.8) is 0 Å². The van der Waals surface area contributed by atoms with Crippen molar-refractivity contribution in [3.8, 4) is 0 Å². The Morgan fingerprint density at radius 1 is 1.71 bits per heavy atom. The highest BCUT2D eigenvalue weighted by Crippen LogP contribution is 2.25. The maximum Gasteiger partial charge on any atom is 0.142 e. The first-order valence-corrected chi connectivity index (χ1v) is 5.62. The van der Waals surface area contributed by atoms with Crippen molar-refractivity contribution < 1.29 is 4.74 Å². The van der Waals surface area contributed by atoms with Gasteiger partial charge in [0.05, 0.1) is 6.10 Å². The van der Waals surface area contributed by atoms with E-state index in [2.05, 4.69) is 9.69 Å². The van der Waals surface area contributed by atoms with E-state index in [1.165, 1.54) is 18.0 Å². The highest BCUT2D eigenvalue weighted by molar-refractivity contribution is 7.10. The number of nitrogens with two attached hydrogens (primary N) is 1. The lowest BCUT2D eigenvalue weighted by Crippen LogP contribution is -2.18. The molecule has 14 heavy (non-hydrogen) atoms. The predicted octanol–water partition coefficient (Wildman–Crippen LogP) is 1.62. The first kappa shape index (κ1) is 9.73. The number of hydrogen-bond acceptors (Lipinski definition) is 5. The fourth-order valence-electron chi connectivity index (χ4n) is 1.52. The predicted molar refractivity (Wildman–Crippen MR) is 58.7 cm³/mol. The van der Waals surface area contributed by atoms with Crippen LogP contribution in [0.1, 0.15) is 18.4 Å². The van der Waals surface area contributed by atoms with Crippen molar-refractivity contribution in [2.24, 2.45) is 0 Å². The first-order chi connectivity index (χ1) is 6.77. The van der Waals surface area contributed by atoms with Crippen molar-refractivity contribution in [1.29, 1.82) is 0 Å². The molecule has 1 aromatic rings. The van der Waals surface area contributed by atoms with Crippen LogP contribution in [0.15, 0.2) is 0 Å². The molecule has 1 atom stereocenters. The zero-order valence-electron chi connectivity index (χ0n) is 8.25. The molecule has 2 rings (SSSR count). The highest BCUT2D eigenvalue weighted by Gasteiger charge is 2.16. The number of nitrogens with one attached hydrogen (secondary N) is 1. The Bertz CT molecular complexity index is 307. The van der Waals surface area contributed by atoms with Crippen LogP contribution in [-0.4, -0.2) is 23.6 Å². The van der Waals surface area contributed by atoms with Gasteiger partial charge in [-0.1, -0.05) is 0 Å². The molecule has 0 saturated carbocycles. The second kappa shape index (κ2) is 4.14. The molecule has 1 unspecified atom stereocenters. The van der Waals surface area contributed by atoms with Gasteiger partial charge in [-0.3, -0.25) is 0 Å². The maximum atomic E-state index is 5.65. The lowest BCUT2D eigenvalue weighted by Gasteiger charge is -2.10. The zero-order valence-corrected chi connectivity index (χ0v) is 9.06. The minimum Gasteiger partial charge on any atom is -0.383 e. The maximum absolute atomic E-state index is 5.65. The van der Waals surface area contributed by atoms with Gasteiger partial charge >= 0.3 is 0 Å². The van der Waals surface area contributed by atoms with Crippen molar-refractivity contribution >= 4 is 22.4 Å². The van der Waals surface area contributed by atoms with Crippen LogP contribution in [0, 0.1) is 6.92 Å². The van der Waals surface area contributed by atoms with Crippen molar-refractivity contribution in [3.05, 3.63) is 5.56 Å². The lowest BCUT2D eigenvalue weighted by molar-refractivity contribution is 0.120. The number of ether oxygens (including phenoxy) is 1. The van der Waals surface area contributed by atoms with Gasteiger partial charge in [0, 0.05) is 18.7 Å². The Labute approximate surface area is 87.6 Å². The van der Waals surface area contributed by atoms with E-state index in [1.54, 1.807) is 0 Å². The SMILES string of the molecule is Cc1c(N)nsc1NCC1CCCO1. The molecule has 0 spiro atoms. The monoisotopic (exact) mass is 213 g/mol. The Balaban J connectivity index is 1.88. The van der Waals surface area contributed by atoms with Gasteiger partial charge in [0.2, 0.25) is 0 Å². The van der Waals surface area contributed by atoms with Gasteiger partial charge in [0.15, 0.2) is 0 Å². The largest absolute Gasteiger partial charge is 0.383 e. The summed E-state index contributed by atoms with van der Waals surface area (Å²) in [6, 6.07) is 0. The first-order valence-electron chi connectivity index (χ1n) is 4.84. The van der Waals surface area contributed by atoms with E-state index in [4.69, 9.17) is 10.5 Å². The van der Waals surface area contributed by atoms with Gasteiger partial charge in [0.1, 0.15) is 10.8 Å². The van der Waals surface area contributed by atoms with Crippen LogP contribution >= 0.6 is 11.5 Å². The second-order valence-electron chi connectivity index (χ2n) is 3.54. The van der Waals surface area contributed by atoms with Gasteiger partial charge in [-0.05, 0) is 31.3 Å². The summed E-state index contributed by atoms with van der Waals surface area (Å²) in [6.45, 7) is 3.75. The number of aromatic nitrogens is 1. The van der Waals surface area contributed by atoms with E-state index >= 15 is 0 Å². The number of hydrogen-bond donors (Lipinski definition) is 2. The van der Waals surface area contributed by atoms with Crippen LogP contribution < -0.4 is 11.1 Å². The van der Waals surface area contributed by atoms with Crippen LogP contribution in [-0.2, 0) is 4.74 Å². The molecule has 1 aliphatic heterocycles. The van der Waals surface area contributed by atoms with E-state index in [9.17, 15) is 0 Å². The fourth-order valence-corrected chi connectivity index (χ4v) is 2.24. The number of nitrogen functional groups attached to an aromatic ring is 1. The highest BCUT2D eigenvalue weighted by atomic mass is 32.1. The van der Waals surface area contributed by atoms with Crippen LogP contribution in [0.4, 0.5) is 10.8 Å². The Morgan fingerprint density at radius 3 is 3.14 bits per heavy atom. The molecule has 1 fully saturated rings. The third-order valence-corrected chi connectivity index (χ3v) is 3.40. The average Bonchev–Trinajstić information content (AvgIpc) is 2.77. The number of anilines is 2. The molecule has 1 aromatic heterocycles. The summed E-state index contributed by atoms with van der Waals surface area (Å²) in [5, 5.41) is 4.39. The normalized spacial score (nSPS) is 21.4. The third kappa shape index (κ3) is 1.99. The summed E-state index contributed by atoms with van der Waals surface area (Å²) in [5.74, 6) is 0.629. The van der Waals surface area contributed by atoms with Crippen molar-refractivity contribution in [2.75, 3.05) is 24.2 Å². The topological polar surface area (TPSA) is 60.2 Å². The van der Waals surface area contributed by atoms with Crippen molar-refractivity contribution in [1.82, 2.24) is 4.37 Å². The Morgan fingerprint density at radius 2 is 2.57 bits per heavy atom. The molecule has 4 nitrogen and oxygen atoms in total. The van der Waals surface area contributed by atoms with Crippen LogP contribution in [0.2, 0.25) is 0 Å². The van der Waals surface area contributed by atoms with E-state index in [0.717, 1.165) is 30.1 Å². The molecule has 1 aliphatic rings. The van der Waals surface area contributed by atoms with Crippen LogP contribution in [0.5, 0.6) is 0 Å². The molecule has 78 valence electrons. The summed E-state index contributed by atoms with van der Waals surface area (Å²) in [6.07, 6.45) is 2.69. The fraction of sp³-hybridized carbons (Fsp3) is 0.667. The summed E-state index contributed by atoms with van der Waals surface area (Å²) < 4.78 is 9.59. The summed E-state index contributed by atoms with van der Waals surface area (Å²) in [4.78, 5) is 0. The van der Waals surface area contributed by atoms with Gasteiger partial charge in [-0.15, -0.1) is 0 Å². The molecule has 0 bridgehead atoms. The van der Waals surface area contributed by atoms with Crippen LogP contribution in [0.3, 0.4) is 0 Å². The lowest BCUT2D eigenvalue weighted by atomic mass is 10.2. The summed E-state index contributed by atoms with van der Waals surface area (Å²) >= 11 is 1.42. The van der Waals surface area contributed by atoms with Gasteiger partial charge in [0.25, 0.3) is 0 Å². The van der Waals surface area contributed by atoms with E-state index in [-0.39, 0.29) is 0 Å². The van der Waals surface area contributed by atoms with Gasteiger partial charge in [-0.25, -0.2) is 0 Å². The molecule has 5 heteroatoms. The summed E-state index contributed by atoms with van der Waals surface area (Å²) in [5.41, 5.74) is 6.70. The Hall–Kier alpha value is -0.810. The van der Waals surface area contributed by atoms with E-state index in [1.807, 2.05) is 6.92 Å². The van der Waals surface area contributed by atoms with Crippen molar-refractivity contribution in [2.45, 2.75) is 25.9 Å². The molecule has 2 heterocycles. The standard InChI is InChI=1S/C9H15N3OS/c1-6-8(10)12-14-9(6)11-5-7-3-2-4-13-7/h7,11H,2-5H2,1H3,(H2,10,12). The van der Waals surface area contributed by atoms with E-state index < -0.39 is 0 Å². The van der Waals surface area contributed by atoms with Crippen LogP contribution in [0.25, 0.3) is 0 Å².